The van der Waals surface area contributed by atoms with Gasteiger partial charge in [0.1, 0.15) is 0 Å². The third-order valence-electron chi connectivity index (χ3n) is 2.07. The molecule has 1 aliphatic heterocycles. The highest BCUT2D eigenvalue weighted by atomic mass is 16.5. The minimum absolute atomic E-state index is 0.0321. The Hall–Kier alpha value is -0.650. The maximum Gasteiger partial charge on any atom is 0.319 e. The first-order valence-electron chi connectivity index (χ1n) is 4.18. The predicted molar refractivity (Wildman–Crippen MR) is 45.4 cm³/mol. The molecule has 0 aromatic carbocycles. The standard InChI is InChI=1S/C8H15NO4/c1-11-7-5-13-4-6(7)9-3-8(10)12-2/h6-7,9H,3-5H2,1-2H3/t6-,7-/m0/s1. The monoisotopic (exact) mass is 189 g/mol. The number of methoxy groups -OCH3 is 2. The van der Waals surface area contributed by atoms with Crippen LogP contribution in [-0.2, 0) is 19.0 Å². The lowest BCUT2D eigenvalue weighted by Gasteiger charge is -2.16. The number of ether oxygens (including phenoxy) is 3. The molecule has 0 amide bonds. The smallest absolute Gasteiger partial charge is 0.319 e. The first kappa shape index (κ1) is 10.4. The van der Waals surface area contributed by atoms with Gasteiger partial charge in [-0.25, -0.2) is 0 Å². The molecule has 0 spiro atoms. The highest BCUT2D eigenvalue weighted by Crippen LogP contribution is 2.08. The summed E-state index contributed by atoms with van der Waals surface area (Å²) in [6, 6.07) is 0.0871. The molecule has 0 unspecified atom stereocenters. The van der Waals surface area contributed by atoms with Gasteiger partial charge in [-0.2, -0.15) is 0 Å². The molecule has 1 heterocycles. The largest absolute Gasteiger partial charge is 0.468 e. The Morgan fingerprint density at radius 3 is 2.92 bits per heavy atom. The van der Waals surface area contributed by atoms with Gasteiger partial charge in [-0.05, 0) is 0 Å². The topological polar surface area (TPSA) is 56.8 Å². The van der Waals surface area contributed by atoms with Crippen molar-refractivity contribution in [2.45, 2.75) is 12.1 Å². The molecule has 0 aromatic rings. The van der Waals surface area contributed by atoms with Gasteiger partial charge in [0, 0.05) is 7.11 Å². The Morgan fingerprint density at radius 2 is 2.31 bits per heavy atom. The van der Waals surface area contributed by atoms with E-state index in [1.807, 2.05) is 0 Å². The molecule has 0 aromatic heterocycles. The van der Waals surface area contributed by atoms with Crippen molar-refractivity contribution in [2.24, 2.45) is 0 Å². The van der Waals surface area contributed by atoms with Crippen molar-refractivity contribution < 1.29 is 19.0 Å². The summed E-state index contributed by atoms with van der Waals surface area (Å²) in [4.78, 5) is 10.8. The minimum atomic E-state index is -0.276. The van der Waals surface area contributed by atoms with Crippen LogP contribution in [0, 0.1) is 0 Å². The van der Waals surface area contributed by atoms with Gasteiger partial charge in [0.2, 0.25) is 0 Å². The lowest BCUT2D eigenvalue weighted by Crippen LogP contribution is -2.42. The molecule has 1 fully saturated rings. The number of nitrogens with one attached hydrogen (secondary N) is 1. The van der Waals surface area contributed by atoms with E-state index in [0.717, 1.165) is 0 Å². The van der Waals surface area contributed by atoms with Crippen LogP contribution in [0.2, 0.25) is 0 Å². The molecule has 0 aliphatic carbocycles. The number of hydrogen-bond acceptors (Lipinski definition) is 5. The van der Waals surface area contributed by atoms with Gasteiger partial charge in [0.05, 0.1) is 39.0 Å². The molecule has 0 saturated carbocycles. The summed E-state index contributed by atoms with van der Waals surface area (Å²) >= 11 is 0. The van der Waals surface area contributed by atoms with Crippen molar-refractivity contribution in [2.75, 3.05) is 34.0 Å². The molecule has 0 bridgehead atoms. The lowest BCUT2D eigenvalue weighted by molar-refractivity contribution is -0.139. The molecule has 1 saturated heterocycles. The summed E-state index contributed by atoms with van der Waals surface area (Å²) < 4.78 is 14.8. The third-order valence-corrected chi connectivity index (χ3v) is 2.07. The zero-order valence-electron chi connectivity index (χ0n) is 7.91. The van der Waals surface area contributed by atoms with E-state index in [1.54, 1.807) is 7.11 Å². The second kappa shape index (κ2) is 5.16. The van der Waals surface area contributed by atoms with Gasteiger partial charge in [-0.1, -0.05) is 0 Å². The molecule has 76 valence electrons. The minimum Gasteiger partial charge on any atom is -0.468 e. The van der Waals surface area contributed by atoms with Crippen LogP contribution in [0.15, 0.2) is 0 Å². The first-order valence-corrected chi connectivity index (χ1v) is 4.18. The number of rotatable bonds is 4. The van der Waals surface area contributed by atoms with E-state index >= 15 is 0 Å². The van der Waals surface area contributed by atoms with Crippen LogP contribution < -0.4 is 5.32 Å². The van der Waals surface area contributed by atoms with Crippen LogP contribution in [0.4, 0.5) is 0 Å². The van der Waals surface area contributed by atoms with E-state index in [0.29, 0.717) is 13.2 Å². The van der Waals surface area contributed by atoms with Crippen molar-refractivity contribution in [1.29, 1.82) is 0 Å². The molecule has 5 nitrogen and oxygen atoms in total. The Labute approximate surface area is 77.3 Å². The second-order valence-electron chi connectivity index (χ2n) is 2.88. The second-order valence-corrected chi connectivity index (χ2v) is 2.88. The highest BCUT2D eigenvalue weighted by Gasteiger charge is 2.27. The van der Waals surface area contributed by atoms with Crippen LogP contribution in [0.25, 0.3) is 0 Å². The molecular weight excluding hydrogens is 174 g/mol. The Balaban J connectivity index is 2.23. The third kappa shape index (κ3) is 2.95. The van der Waals surface area contributed by atoms with Gasteiger partial charge < -0.3 is 14.2 Å². The van der Waals surface area contributed by atoms with E-state index in [2.05, 4.69) is 10.1 Å². The molecule has 1 aliphatic rings. The summed E-state index contributed by atoms with van der Waals surface area (Å²) in [5, 5.41) is 3.01. The molecule has 5 heteroatoms. The Bertz CT molecular complexity index is 174. The zero-order valence-corrected chi connectivity index (χ0v) is 7.91. The van der Waals surface area contributed by atoms with E-state index in [4.69, 9.17) is 9.47 Å². The Morgan fingerprint density at radius 1 is 1.54 bits per heavy atom. The lowest BCUT2D eigenvalue weighted by atomic mass is 10.2. The van der Waals surface area contributed by atoms with E-state index in [1.165, 1.54) is 7.11 Å². The van der Waals surface area contributed by atoms with Crippen molar-refractivity contribution in [1.82, 2.24) is 5.32 Å². The van der Waals surface area contributed by atoms with Gasteiger partial charge in [0.15, 0.2) is 0 Å². The van der Waals surface area contributed by atoms with Crippen molar-refractivity contribution in [3.8, 4) is 0 Å². The average molecular weight is 189 g/mol. The fourth-order valence-corrected chi connectivity index (χ4v) is 1.24. The number of carbonyl (C=O) groups excluding carboxylic acids is 1. The zero-order chi connectivity index (χ0) is 9.68. The SMILES string of the molecule is COC(=O)CN[C@H]1COC[C@@H]1OC. The summed E-state index contributed by atoms with van der Waals surface area (Å²) in [6.07, 6.45) is 0.0321. The van der Waals surface area contributed by atoms with Gasteiger partial charge in [-0.3, -0.25) is 10.1 Å². The maximum absolute atomic E-state index is 10.8. The van der Waals surface area contributed by atoms with Crippen LogP contribution in [0.3, 0.4) is 0 Å². The molecule has 1 rings (SSSR count). The number of carbonyl (C=O) groups is 1. The Kier molecular flexibility index (Phi) is 4.14. The highest BCUT2D eigenvalue weighted by molar-refractivity contribution is 5.71. The van der Waals surface area contributed by atoms with E-state index in [9.17, 15) is 4.79 Å². The van der Waals surface area contributed by atoms with Gasteiger partial charge in [0.25, 0.3) is 0 Å². The average Bonchev–Trinajstić information content (AvgIpc) is 2.61. The summed E-state index contributed by atoms with van der Waals surface area (Å²) in [6.45, 7) is 1.36. The molecule has 1 N–H and O–H groups in total. The van der Waals surface area contributed by atoms with Crippen LogP contribution in [0.5, 0.6) is 0 Å². The van der Waals surface area contributed by atoms with Crippen LogP contribution in [0.1, 0.15) is 0 Å². The van der Waals surface area contributed by atoms with Crippen molar-refractivity contribution >= 4 is 5.97 Å². The van der Waals surface area contributed by atoms with Crippen LogP contribution >= 0.6 is 0 Å². The molecule has 2 atom stereocenters. The fourth-order valence-electron chi connectivity index (χ4n) is 1.24. The molecule has 0 radical (unpaired) electrons. The predicted octanol–water partition coefficient (Wildman–Crippen LogP) is -0.837. The summed E-state index contributed by atoms with van der Waals surface area (Å²) in [7, 11) is 3.00. The normalized spacial score (nSPS) is 27.5. The first-order chi connectivity index (χ1) is 6.27. The maximum atomic E-state index is 10.8. The quantitative estimate of drug-likeness (QED) is 0.584. The summed E-state index contributed by atoms with van der Waals surface area (Å²) in [5.74, 6) is -0.276. The molecular formula is C8H15NO4. The number of hydrogen-bond donors (Lipinski definition) is 1. The van der Waals surface area contributed by atoms with Gasteiger partial charge in [-0.15, -0.1) is 0 Å². The van der Waals surface area contributed by atoms with E-state index < -0.39 is 0 Å². The number of esters is 1. The van der Waals surface area contributed by atoms with Crippen molar-refractivity contribution in [3.63, 3.8) is 0 Å². The fraction of sp³-hybridized carbons (Fsp3) is 0.875. The van der Waals surface area contributed by atoms with E-state index in [-0.39, 0.29) is 24.7 Å². The van der Waals surface area contributed by atoms with Crippen LogP contribution in [-0.4, -0.2) is 52.1 Å². The summed E-state index contributed by atoms with van der Waals surface area (Å²) in [5.41, 5.74) is 0. The molecule has 13 heavy (non-hydrogen) atoms. The van der Waals surface area contributed by atoms with Gasteiger partial charge >= 0.3 is 5.97 Å². The van der Waals surface area contributed by atoms with Crippen molar-refractivity contribution in [3.05, 3.63) is 0 Å².